The first-order chi connectivity index (χ1) is 12.3. The topological polar surface area (TPSA) is 36.4 Å². The van der Waals surface area contributed by atoms with Gasteiger partial charge < -0.3 is 9.80 Å². The molecular formula is C21H27N3O. The molecule has 4 nitrogen and oxygen atoms in total. The van der Waals surface area contributed by atoms with Crippen molar-refractivity contribution >= 4 is 22.5 Å². The first-order valence-corrected chi connectivity index (χ1v) is 9.69. The molecule has 0 unspecified atom stereocenters. The van der Waals surface area contributed by atoms with Gasteiger partial charge in [0.05, 0.1) is 5.52 Å². The lowest BCUT2D eigenvalue weighted by molar-refractivity contribution is -0.130. The highest BCUT2D eigenvalue weighted by atomic mass is 16.2. The van der Waals surface area contributed by atoms with Gasteiger partial charge in [0, 0.05) is 48.9 Å². The fourth-order valence-electron chi connectivity index (χ4n) is 4.33. The number of hydrogen-bond acceptors (Lipinski definition) is 3. The molecule has 2 aliphatic rings. The molecular weight excluding hydrogens is 310 g/mol. The van der Waals surface area contributed by atoms with Crippen molar-refractivity contribution in [2.24, 2.45) is 0 Å². The van der Waals surface area contributed by atoms with E-state index in [-0.39, 0.29) is 0 Å². The molecule has 132 valence electrons. The van der Waals surface area contributed by atoms with Gasteiger partial charge in [-0.1, -0.05) is 31.5 Å². The van der Waals surface area contributed by atoms with E-state index in [0.29, 0.717) is 11.9 Å². The summed E-state index contributed by atoms with van der Waals surface area (Å²) in [7, 11) is 0. The number of benzene rings is 1. The number of pyridine rings is 1. The number of rotatable bonds is 4. The molecule has 0 saturated carbocycles. The minimum absolute atomic E-state index is 0.359. The second-order valence-electron chi connectivity index (χ2n) is 7.31. The van der Waals surface area contributed by atoms with Crippen LogP contribution in [0.3, 0.4) is 0 Å². The van der Waals surface area contributed by atoms with Gasteiger partial charge in [0.2, 0.25) is 5.91 Å². The minimum Gasteiger partial charge on any atom is -0.371 e. The molecule has 2 saturated heterocycles. The number of nitrogens with zero attached hydrogens (tertiary/aromatic N) is 3. The lowest BCUT2D eigenvalue weighted by Crippen LogP contribution is -2.45. The van der Waals surface area contributed by atoms with Gasteiger partial charge in [-0.25, -0.2) is 0 Å². The highest BCUT2D eigenvalue weighted by Crippen LogP contribution is 2.31. The molecule has 1 aromatic carbocycles. The van der Waals surface area contributed by atoms with Crippen molar-refractivity contribution in [1.82, 2.24) is 9.88 Å². The molecule has 1 aromatic heterocycles. The van der Waals surface area contributed by atoms with E-state index in [1.165, 1.54) is 16.8 Å². The van der Waals surface area contributed by atoms with Gasteiger partial charge in [-0.15, -0.1) is 0 Å². The van der Waals surface area contributed by atoms with Crippen LogP contribution in [0.25, 0.3) is 10.9 Å². The Morgan fingerprint density at radius 1 is 1.16 bits per heavy atom. The minimum atomic E-state index is 0.359. The standard InChI is InChI=1S/C21H27N3O/c1-2-6-16-15-20(18-7-3-4-8-19(18)22-16)23-13-10-17(11-14-23)24-12-5-9-21(24)25/h3-4,7-8,15,17H,2,5-6,9-14H2,1H3. The number of hydrogen-bond donors (Lipinski definition) is 0. The number of anilines is 1. The number of amides is 1. The fraction of sp³-hybridized carbons (Fsp3) is 0.524. The normalized spacial score (nSPS) is 19.2. The van der Waals surface area contributed by atoms with Crippen LogP contribution in [-0.2, 0) is 11.2 Å². The van der Waals surface area contributed by atoms with Crippen LogP contribution < -0.4 is 4.90 Å². The van der Waals surface area contributed by atoms with Crippen molar-refractivity contribution in [3.8, 4) is 0 Å². The third-order valence-electron chi connectivity index (χ3n) is 5.61. The number of aryl methyl sites for hydroxylation is 1. The predicted octanol–water partition coefficient (Wildman–Crippen LogP) is 3.78. The Kier molecular flexibility index (Phi) is 4.60. The van der Waals surface area contributed by atoms with Gasteiger partial charge in [-0.3, -0.25) is 9.78 Å². The molecule has 0 spiro atoms. The summed E-state index contributed by atoms with van der Waals surface area (Å²) in [4.78, 5) is 21.5. The number of para-hydroxylation sites is 1. The highest BCUT2D eigenvalue weighted by molar-refractivity contribution is 5.92. The Labute approximate surface area is 149 Å². The van der Waals surface area contributed by atoms with Gasteiger partial charge in [-0.2, -0.15) is 0 Å². The summed E-state index contributed by atoms with van der Waals surface area (Å²) in [6.45, 7) is 5.21. The molecule has 2 aliphatic heterocycles. The highest BCUT2D eigenvalue weighted by Gasteiger charge is 2.31. The number of piperidine rings is 1. The van der Waals surface area contributed by atoms with Gasteiger partial charge in [0.25, 0.3) is 0 Å². The summed E-state index contributed by atoms with van der Waals surface area (Å²) in [5.41, 5.74) is 3.61. The molecule has 0 bridgehead atoms. The quantitative estimate of drug-likeness (QED) is 0.852. The van der Waals surface area contributed by atoms with Crippen molar-refractivity contribution < 1.29 is 4.79 Å². The van der Waals surface area contributed by atoms with E-state index in [1.54, 1.807) is 0 Å². The van der Waals surface area contributed by atoms with Gasteiger partial charge in [-0.05, 0) is 37.8 Å². The molecule has 25 heavy (non-hydrogen) atoms. The van der Waals surface area contributed by atoms with Gasteiger partial charge in [0.1, 0.15) is 0 Å². The van der Waals surface area contributed by atoms with E-state index in [1.807, 2.05) is 0 Å². The van der Waals surface area contributed by atoms with Gasteiger partial charge in [0.15, 0.2) is 0 Å². The Morgan fingerprint density at radius 2 is 1.96 bits per heavy atom. The summed E-state index contributed by atoms with van der Waals surface area (Å²) in [5, 5.41) is 1.25. The van der Waals surface area contributed by atoms with Crippen molar-refractivity contribution in [2.45, 2.75) is 51.5 Å². The third kappa shape index (κ3) is 3.22. The molecule has 0 radical (unpaired) electrons. The van der Waals surface area contributed by atoms with E-state index in [2.05, 4.69) is 47.1 Å². The zero-order chi connectivity index (χ0) is 17.2. The van der Waals surface area contributed by atoms with Crippen molar-refractivity contribution in [3.63, 3.8) is 0 Å². The summed E-state index contributed by atoms with van der Waals surface area (Å²) in [6, 6.07) is 11.2. The maximum Gasteiger partial charge on any atom is 0.222 e. The molecule has 2 aromatic rings. The molecule has 0 aliphatic carbocycles. The predicted molar refractivity (Wildman–Crippen MR) is 102 cm³/mol. The Morgan fingerprint density at radius 3 is 2.68 bits per heavy atom. The van der Waals surface area contributed by atoms with Crippen LogP contribution in [0.4, 0.5) is 5.69 Å². The van der Waals surface area contributed by atoms with E-state index < -0.39 is 0 Å². The molecule has 4 heteroatoms. The average Bonchev–Trinajstić information content (AvgIpc) is 3.07. The average molecular weight is 337 g/mol. The number of aromatic nitrogens is 1. The van der Waals surface area contributed by atoms with Crippen LogP contribution in [0.5, 0.6) is 0 Å². The Balaban J connectivity index is 1.57. The number of likely N-dealkylation sites (tertiary alicyclic amines) is 1. The van der Waals surface area contributed by atoms with E-state index in [4.69, 9.17) is 4.98 Å². The maximum absolute atomic E-state index is 12.0. The summed E-state index contributed by atoms with van der Waals surface area (Å²) < 4.78 is 0. The Hall–Kier alpha value is -2.10. The Bertz CT molecular complexity index is 765. The number of fused-ring (bicyclic) bond motifs is 1. The van der Waals surface area contributed by atoms with Crippen LogP contribution in [0, 0.1) is 0 Å². The molecule has 3 heterocycles. The zero-order valence-corrected chi connectivity index (χ0v) is 15.1. The SMILES string of the molecule is CCCc1cc(N2CCC(N3CCCC3=O)CC2)c2ccccc2n1. The maximum atomic E-state index is 12.0. The van der Waals surface area contributed by atoms with Crippen LogP contribution in [0.2, 0.25) is 0 Å². The summed E-state index contributed by atoms with van der Waals surface area (Å²) in [6.07, 6.45) is 6.07. The number of carbonyl (C=O) groups is 1. The second kappa shape index (κ2) is 7.03. The largest absolute Gasteiger partial charge is 0.371 e. The lowest BCUT2D eigenvalue weighted by Gasteiger charge is -2.38. The third-order valence-corrected chi connectivity index (χ3v) is 5.61. The van der Waals surface area contributed by atoms with Gasteiger partial charge >= 0.3 is 0 Å². The smallest absolute Gasteiger partial charge is 0.222 e. The lowest BCUT2D eigenvalue weighted by atomic mass is 10.0. The van der Waals surface area contributed by atoms with Crippen LogP contribution in [-0.4, -0.2) is 41.5 Å². The molecule has 1 amide bonds. The zero-order valence-electron chi connectivity index (χ0n) is 15.1. The van der Waals surface area contributed by atoms with Crippen LogP contribution >= 0.6 is 0 Å². The van der Waals surface area contributed by atoms with Crippen molar-refractivity contribution in [1.29, 1.82) is 0 Å². The fourth-order valence-corrected chi connectivity index (χ4v) is 4.33. The van der Waals surface area contributed by atoms with E-state index in [9.17, 15) is 4.79 Å². The molecule has 0 atom stereocenters. The van der Waals surface area contributed by atoms with Crippen LogP contribution in [0.1, 0.15) is 44.7 Å². The monoisotopic (exact) mass is 337 g/mol. The molecule has 0 N–H and O–H groups in total. The molecule has 2 fully saturated rings. The molecule has 4 rings (SSSR count). The second-order valence-corrected chi connectivity index (χ2v) is 7.31. The van der Waals surface area contributed by atoms with Crippen molar-refractivity contribution in [2.75, 3.05) is 24.5 Å². The first kappa shape index (κ1) is 16.4. The van der Waals surface area contributed by atoms with Crippen molar-refractivity contribution in [3.05, 3.63) is 36.0 Å². The first-order valence-electron chi connectivity index (χ1n) is 9.69. The summed E-state index contributed by atoms with van der Waals surface area (Å²) in [5.74, 6) is 0.359. The van der Waals surface area contributed by atoms with E-state index >= 15 is 0 Å². The van der Waals surface area contributed by atoms with E-state index in [0.717, 1.165) is 63.7 Å². The summed E-state index contributed by atoms with van der Waals surface area (Å²) >= 11 is 0. The van der Waals surface area contributed by atoms with Crippen LogP contribution in [0.15, 0.2) is 30.3 Å². The number of carbonyl (C=O) groups excluding carboxylic acids is 1.